The fourth-order valence-electron chi connectivity index (χ4n) is 3.87. The molecule has 0 aromatic heterocycles. The molecule has 2 aromatic rings. The molecule has 6 nitrogen and oxygen atoms in total. The van der Waals surface area contributed by atoms with Crippen LogP contribution in [-0.4, -0.2) is 22.0 Å². The maximum Gasteiger partial charge on any atom is 0.336 e. The highest BCUT2D eigenvalue weighted by atomic mass is 16.4. The molecule has 0 spiro atoms. The fourth-order valence-corrected chi connectivity index (χ4v) is 3.87. The van der Waals surface area contributed by atoms with Gasteiger partial charge in [0.1, 0.15) is 22.9 Å². The van der Waals surface area contributed by atoms with Gasteiger partial charge in [0, 0.05) is 40.5 Å². The molecule has 0 bridgehead atoms. The van der Waals surface area contributed by atoms with Gasteiger partial charge in [-0.25, -0.2) is 4.79 Å². The number of hydrogen-bond donors (Lipinski definition) is 2. The van der Waals surface area contributed by atoms with Gasteiger partial charge in [-0.05, 0) is 53.9 Å². The number of phenols is 1. The van der Waals surface area contributed by atoms with E-state index in [1.807, 2.05) is 20.8 Å². The zero-order valence-corrected chi connectivity index (χ0v) is 18.6. The van der Waals surface area contributed by atoms with Gasteiger partial charge in [-0.1, -0.05) is 26.8 Å². The zero-order valence-electron chi connectivity index (χ0n) is 18.6. The molecule has 1 heterocycles. The Kier molecular flexibility index (Phi) is 5.54. The van der Waals surface area contributed by atoms with Crippen molar-refractivity contribution in [3.63, 3.8) is 0 Å². The van der Waals surface area contributed by atoms with Gasteiger partial charge in [-0.15, -0.1) is 0 Å². The van der Waals surface area contributed by atoms with Crippen molar-refractivity contribution >= 4 is 22.7 Å². The number of benzene rings is 3. The highest BCUT2D eigenvalue weighted by Crippen LogP contribution is 2.42. The number of carboxylic acids is 1. The number of carboxylic acid groups (broad SMARTS) is 1. The first-order valence-electron chi connectivity index (χ1n) is 10.7. The molecule has 0 radical (unpaired) electrons. The molecule has 0 atom stereocenters. The number of aromatic carboxylic acids is 1. The van der Waals surface area contributed by atoms with E-state index in [9.17, 15) is 24.6 Å². The van der Waals surface area contributed by atoms with E-state index in [0.29, 0.717) is 39.6 Å². The van der Waals surface area contributed by atoms with E-state index in [4.69, 9.17) is 4.42 Å². The normalized spacial score (nSPS) is 11.7. The number of phenolic OH excluding ortho intramolecular Hbond substituents is 1. The quantitative estimate of drug-likeness (QED) is 0.380. The summed E-state index contributed by atoms with van der Waals surface area (Å²) in [5.41, 5.74) is 1.87. The predicted molar refractivity (Wildman–Crippen MR) is 126 cm³/mol. The van der Waals surface area contributed by atoms with Crippen LogP contribution < -0.4 is 5.43 Å². The van der Waals surface area contributed by atoms with E-state index in [2.05, 4.69) is 0 Å². The number of hydrogen-bond acceptors (Lipinski definition) is 5. The Balaban J connectivity index is 2.02. The van der Waals surface area contributed by atoms with Crippen LogP contribution in [0.25, 0.3) is 33.4 Å². The molecule has 0 unspecified atom stereocenters. The van der Waals surface area contributed by atoms with Gasteiger partial charge in [0.2, 0.25) is 0 Å². The number of carbonyl (C=O) groups is 2. The third kappa shape index (κ3) is 4.12. The number of fused-ring (bicyclic) bond motifs is 2. The van der Waals surface area contributed by atoms with Gasteiger partial charge in [0.15, 0.2) is 5.43 Å². The molecule has 2 aromatic carbocycles. The van der Waals surface area contributed by atoms with Crippen LogP contribution in [0.1, 0.15) is 43.1 Å². The van der Waals surface area contributed by atoms with Crippen LogP contribution in [0, 0.1) is 5.41 Å². The fraction of sp³-hybridized carbons (Fsp3) is 0.222. The van der Waals surface area contributed by atoms with Crippen molar-refractivity contribution in [2.45, 2.75) is 33.6 Å². The first-order valence-corrected chi connectivity index (χ1v) is 10.7. The van der Waals surface area contributed by atoms with Crippen LogP contribution in [0.5, 0.6) is 5.75 Å². The maximum absolute atomic E-state index is 12.8. The van der Waals surface area contributed by atoms with Gasteiger partial charge in [-0.3, -0.25) is 9.59 Å². The second-order valence-corrected chi connectivity index (χ2v) is 8.84. The van der Waals surface area contributed by atoms with Crippen LogP contribution in [-0.2, 0) is 11.2 Å². The molecule has 0 amide bonds. The zero-order chi connectivity index (χ0) is 23.9. The van der Waals surface area contributed by atoms with E-state index >= 15 is 0 Å². The largest absolute Gasteiger partial charge is 0.508 e. The Bertz CT molecular complexity index is 1430. The van der Waals surface area contributed by atoms with Crippen molar-refractivity contribution in [2.24, 2.45) is 5.41 Å². The summed E-state index contributed by atoms with van der Waals surface area (Å²) in [4.78, 5) is 36.9. The van der Waals surface area contributed by atoms with E-state index in [1.165, 1.54) is 30.3 Å². The van der Waals surface area contributed by atoms with Crippen LogP contribution in [0.2, 0.25) is 0 Å². The van der Waals surface area contributed by atoms with Gasteiger partial charge < -0.3 is 14.6 Å². The molecule has 168 valence electrons. The number of ketones is 1. The van der Waals surface area contributed by atoms with Crippen LogP contribution >= 0.6 is 0 Å². The first kappa shape index (κ1) is 22.3. The van der Waals surface area contributed by atoms with E-state index in [0.717, 1.165) is 0 Å². The minimum Gasteiger partial charge on any atom is -0.508 e. The van der Waals surface area contributed by atoms with Gasteiger partial charge in [0.25, 0.3) is 0 Å². The average Bonchev–Trinajstić information content (AvgIpc) is 2.76. The summed E-state index contributed by atoms with van der Waals surface area (Å²) in [7, 11) is 0. The molecule has 0 saturated carbocycles. The van der Waals surface area contributed by atoms with Crippen molar-refractivity contribution in [1.82, 2.24) is 0 Å². The van der Waals surface area contributed by atoms with Crippen LogP contribution in [0.4, 0.5) is 0 Å². The first-order chi connectivity index (χ1) is 15.6. The number of carbonyl (C=O) groups excluding carboxylic acids is 1. The van der Waals surface area contributed by atoms with Gasteiger partial charge >= 0.3 is 5.97 Å². The molecule has 0 fully saturated rings. The molecule has 4 rings (SSSR count). The topological polar surface area (TPSA) is 105 Å². The third-order valence-electron chi connectivity index (χ3n) is 6.26. The van der Waals surface area contributed by atoms with Crippen LogP contribution in [0.15, 0.2) is 63.8 Å². The second-order valence-electron chi connectivity index (χ2n) is 8.84. The van der Waals surface area contributed by atoms with E-state index < -0.39 is 11.4 Å². The lowest BCUT2D eigenvalue weighted by molar-refractivity contribution is -0.126. The van der Waals surface area contributed by atoms with Gasteiger partial charge in [-0.2, -0.15) is 0 Å². The molecule has 2 aliphatic rings. The molecular weight excluding hydrogens is 420 g/mol. The Morgan fingerprint density at radius 2 is 1.73 bits per heavy atom. The predicted octanol–water partition coefficient (Wildman–Crippen LogP) is 5.52. The van der Waals surface area contributed by atoms with Crippen molar-refractivity contribution < 1.29 is 24.2 Å². The lowest BCUT2D eigenvalue weighted by atomic mass is 9.81. The molecule has 0 saturated heterocycles. The standard InChI is InChI=1S/C27H24O6/c1-4-27(2,3)24(30)12-15-5-8-18(26(31)32)21(11-15)25-19-9-6-16(28)13-22(19)33-23-14-17(29)7-10-20(23)25/h5-11,13-14,28H,4,12H2,1-3H3,(H,31,32). The Hall–Kier alpha value is -3.93. The second kappa shape index (κ2) is 8.20. The highest BCUT2D eigenvalue weighted by molar-refractivity contribution is 6.07. The Labute approximate surface area is 190 Å². The van der Waals surface area contributed by atoms with Crippen molar-refractivity contribution in [1.29, 1.82) is 0 Å². The molecular formula is C27H24O6. The third-order valence-corrected chi connectivity index (χ3v) is 6.26. The molecule has 33 heavy (non-hydrogen) atoms. The Morgan fingerprint density at radius 1 is 0.970 bits per heavy atom. The molecule has 6 heteroatoms. The van der Waals surface area contributed by atoms with Gasteiger partial charge in [0.05, 0.1) is 5.56 Å². The molecule has 1 aliphatic carbocycles. The number of aromatic hydroxyl groups is 1. The summed E-state index contributed by atoms with van der Waals surface area (Å²) >= 11 is 0. The van der Waals surface area contributed by atoms with Crippen molar-refractivity contribution in [3.05, 3.63) is 75.9 Å². The lowest BCUT2D eigenvalue weighted by Gasteiger charge is -2.21. The van der Waals surface area contributed by atoms with Crippen molar-refractivity contribution in [2.75, 3.05) is 0 Å². The minimum atomic E-state index is -1.11. The average molecular weight is 444 g/mol. The summed E-state index contributed by atoms with van der Waals surface area (Å²) in [5.74, 6) is -0.786. The molecule has 2 N–H and O–H groups in total. The summed E-state index contributed by atoms with van der Waals surface area (Å²) in [5, 5.41) is 20.5. The molecule has 1 aliphatic heterocycles. The highest BCUT2D eigenvalue weighted by Gasteiger charge is 2.26. The minimum absolute atomic E-state index is 0.0190. The number of rotatable bonds is 6. The van der Waals surface area contributed by atoms with E-state index in [-0.39, 0.29) is 34.7 Å². The lowest BCUT2D eigenvalue weighted by Crippen LogP contribution is -2.25. The summed E-state index contributed by atoms with van der Waals surface area (Å²) in [6, 6.07) is 13.8. The summed E-state index contributed by atoms with van der Waals surface area (Å²) < 4.78 is 5.86. The van der Waals surface area contributed by atoms with Crippen molar-refractivity contribution in [3.8, 4) is 28.2 Å². The van der Waals surface area contributed by atoms with E-state index in [1.54, 1.807) is 24.3 Å². The number of Topliss-reactive ketones (excluding diaryl/α,β-unsaturated/α-hetero) is 1. The Morgan fingerprint density at radius 3 is 2.42 bits per heavy atom. The maximum atomic E-state index is 12.8. The summed E-state index contributed by atoms with van der Waals surface area (Å²) in [6.45, 7) is 5.76. The summed E-state index contributed by atoms with van der Waals surface area (Å²) in [6.07, 6.45) is 0.870. The monoisotopic (exact) mass is 444 g/mol. The smallest absolute Gasteiger partial charge is 0.336 e. The SMILES string of the molecule is CCC(C)(C)C(=O)Cc1ccc(C(=O)O)c(-c2c3ccc(=O)cc-3oc3cc(O)ccc23)c1. The van der Waals surface area contributed by atoms with Crippen LogP contribution in [0.3, 0.4) is 0 Å².